The maximum Gasteiger partial charge on any atom is 0.214 e. The Bertz CT molecular complexity index is 353. The molecule has 0 spiro atoms. The van der Waals surface area contributed by atoms with Crippen LogP contribution in [0.2, 0.25) is 0 Å². The van der Waals surface area contributed by atoms with Crippen LogP contribution in [-0.4, -0.2) is 43.6 Å². The largest absolute Gasteiger partial charge is 0.310 e. The number of nitrogens with zero attached hydrogens (tertiary/aromatic N) is 1. The molecule has 5 heteroatoms. The molecule has 0 aromatic heterocycles. The first kappa shape index (κ1) is 12.1. The lowest BCUT2D eigenvalue weighted by Crippen LogP contribution is -2.40. The smallest absolute Gasteiger partial charge is 0.214 e. The summed E-state index contributed by atoms with van der Waals surface area (Å²) >= 11 is 0. The molecule has 0 amide bonds. The van der Waals surface area contributed by atoms with E-state index >= 15 is 0 Å². The lowest BCUT2D eigenvalue weighted by atomic mass is 10.1. The fourth-order valence-corrected chi connectivity index (χ4v) is 4.04. The van der Waals surface area contributed by atoms with Crippen LogP contribution >= 0.6 is 0 Å². The molecular formula is C11H20N2O2S. The van der Waals surface area contributed by atoms with Crippen LogP contribution in [-0.2, 0) is 10.0 Å². The standard InChI is InChI=1S/C11H20N2O2S/c1-2-3-8-16(14,15)13-7-6-10-4-5-11(9-13)12-10/h2,10-12H,1,3-9H2. The van der Waals surface area contributed by atoms with Gasteiger partial charge in [-0.3, -0.25) is 0 Å². The molecule has 0 saturated carbocycles. The summed E-state index contributed by atoms with van der Waals surface area (Å²) in [4.78, 5) is 0. The van der Waals surface area contributed by atoms with Gasteiger partial charge in [0, 0.05) is 25.2 Å². The van der Waals surface area contributed by atoms with Crippen LogP contribution in [0.4, 0.5) is 0 Å². The van der Waals surface area contributed by atoms with E-state index in [2.05, 4.69) is 11.9 Å². The summed E-state index contributed by atoms with van der Waals surface area (Å²) in [5.74, 6) is 0.202. The number of nitrogens with one attached hydrogen (secondary N) is 1. The molecule has 2 heterocycles. The van der Waals surface area contributed by atoms with E-state index in [0.717, 1.165) is 12.8 Å². The molecule has 2 saturated heterocycles. The van der Waals surface area contributed by atoms with E-state index in [1.54, 1.807) is 10.4 Å². The number of rotatable bonds is 4. The van der Waals surface area contributed by atoms with Gasteiger partial charge in [0.05, 0.1) is 5.75 Å². The molecule has 0 aromatic carbocycles. The van der Waals surface area contributed by atoms with Crippen LogP contribution in [0.5, 0.6) is 0 Å². The molecule has 2 aliphatic heterocycles. The summed E-state index contributed by atoms with van der Waals surface area (Å²) in [6.07, 6.45) is 5.47. The molecule has 2 aliphatic rings. The summed E-state index contributed by atoms with van der Waals surface area (Å²) in [5, 5.41) is 3.48. The first-order chi connectivity index (χ1) is 7.62. The zero-order chi connectivity index (χ0) is 11.6. The molecule has 2 rings (SSSR count). The second-order valence-electron chi connectivity index (χ2n) is 4.68. The number of fused-ring (bicyclic) bond motifs is 2. The highest BCUT2D eigenvalue weighted by atomic mass is 32.2. The van der Waals surface area contributed by atoms with E-state index in [0.29, 0.717) is 31.6 Å². The van der Waals surface area contributed by atoms with Crippen molar-refractivity contribution in [3.8, 4) is 0 Å². The van der Waals surface area contributed by atoms with E-state index in [-0.39, 0.29) is 5.75 Å². The van der Waals surface area contributed by atoms with E-state index in [9.17, 15) is 8.42 Å². The molecule has 2 fully saturated rings. The van der Waals surface area contributed by atoms with Gasteiger partial charge in [0.25, 0.3) is 0 Å². The van der Waals surface area contributed by atoms with E-state index in [4.69, 9.17) is 0 Å². The van der Waals surface area contributed by atoms with Crippen molar-refractivity contribution in [3.63, 3.8) is 0 Å². The first-order valence-electron chi connectivity index (χ1n) is 5.96. The zero-order valence-corrected chi connectivity index (χ0v) is 10.4. The van der Waals surface area contributed by atoms with Crippen molar-refractivity contribution in [1.82, 2.24) is 9.62 Å². The highest BCUT2D eigenvalue weighted by Gasteiger charge is 2.33. The molecular weight excluding hydrogens is 224 g/mol. The third-order valence-corrected chi connectivity index (χ3v) is 5.33. The number of hydrogen-bond acceptors (Lipinski definition) is 3. The molecule has 2 bridgehead atoms. The fourth-order valence-electron chi connectivity index (χ4n) is 2.52. The molecule has 4 nitrogen and oxygen atoms in total. The molecule has 16 heavy (non-hydrogen) atoms. The van der Waals surface area contributed by atoms with Crippen LogP contribution in [0.3, 0.4) is 0 Å². The van der Waals surface area contributed by atoms with Gasteiger partial charge in [-0.2, -0.15) is 0 Å². The number of hydrogen-bond donors (Lipinski definition) is 1. The SMILES string of the molecule is C=CCCS(=O)(=O)N1CCC2CCC(C1)N2. The topological polar surface area (TPSA) is 49.4 Å². The summed E-state index contributed by atoms with van der Waals surface area (Å²) in [7, 11) is -3.07. The van der Waals surface area contributed by atoms with Gasteiger partial charge in [-0.25, -0.2) is 12.7 Å². The lowest BCUT2D eigenvalue weighted by Gasteiger charge is -2.23. The van der Waals surface area contributed by atoms with Crippen molar-refractivity contribution in [3.05, 3.63) is 12.7 Å². The summed E-state index contributed by atoms with van der Waals surface area (Å²) < 4.78 is 25.7. The monoisotopic (exact) mass is 244 g/mol. The Morgan fingerprint density at radius 1 is 1.31 bits per heavy atom. The van der Waals surface area contributed by atoms with Crippen LogP contribution < -0.4 is 5.32 Å². The number of allylic oxidation sites excluding steroid dienone is 1. The zero-order valence-electron chi connectivity index (χ0n) is 9.56. The van der Waals surface area contributed by atoms with Crippen LogP contribution in [0.15, 0.2) is 12.7 Å². The number of sulfonamides is 1. The van der Waals surface area contributed by atoms with E-state index in [1.807, 2.05) is 0 Å². The van der Waals surface area contributed by atoms with Gasteiger partial charge in [0.1, 0.15) is 0 Å². The normalized spacial score (nSPS) is 31.2. The second kappa shape index (κ2) is 4.85. The van der Waals surface area contributed by atoms with Crippen molar-refractivity contribution in [2.24, 2.45) is 0 Å². The van der Waals surface area contributed by atoms with Crippen molar-refractivity contribution in [2.45, 2.75) is 37.8 Å². The van der Waals surface area contributed by atoms with E-state index < -0.39 is 10.0 Å². The maximum absolute atomic E-state index is 12.0. The van der Waals surface area contributed by atoms with Crippen molar-refractivity contribution < 1.29 is 8.42 Å². The fraction of sp³-hybridized carbons (Fsp3) is 0.818. The Labute approximate surface area is 97.8 Å². The Kier molecular flexibility index (Phi) is 3.66. The molecule has 1 N–H and O–H groups in total. The third-order valence-electron chi connectivity index (χ3n) is 3.46. The predicted octanol–water partition coefficient (Wildman–Crippen LogP) is 0.719. The minimum absolute atomic E-state index is 0.202. The van der Waals surface area contributed by atoms with Gasteiger partial charge >= 0.3 is 0 Å². The molecule has 0 radical (unpaired) electrons. The second-order valence-corrected chi connectivity index (χ2v) is 6.77. The molecule has 2 unspecified atom stereocenters. The maximum atomic E-state index is 12.0. The van der Waals surface area contributed by atoms with Crippen LogP contribution in [0.1, 0.15) is 25.7 Å². The Hall–Kier alpha value is -0.390. The molecule has 92 valence electrons. The molecule has 0 aliphatic carbocycles. The molecule has 0 aromatic rings. The van der Waals surface area contributed by atoms with Gasteiger partial charge < -0.3 is 5.32 Å². The summed E-state index contributed by atoms with van der Waals surface area (Å²) in [6, 6.07) is 0.899. The average Bonchev–Trinajstić information content (AvgIpc) is 2.54. The van der Waals surface area contributed by atoms with Gasteiger partial charge in [-0.05, 0) is 25.7 Å². The minimum Gasteiger partial charge on any atom is -0.310 e. The Balaban J connectivity index is 2.01. The first-order valence-corrected chi connectivity index (χ1v) is 7.57. The van der Waals surface area contributed by atoms with Gasteiger partial charge in [-0.15, -0.1) is 6.58 Å². The minimum atomic E-state index is -3.07. The lowest BCUT2D eigenvalue weighted by molar-refractivity contribution is 0.383. The highest BCUT2D eigenvalue weighted by molar-refractivity contribution is 7.89. The quantitative estimate of drug-likeness (QED) is 0.741. The predicted molar refractivity (Wildman–Crippen MR) is 64.7 cm³/mol. The van der Waals surface area contributed by atoms with Crippen molar-refractivity contribution >= 4 is 10.0 Å². The van der Waals surface area contributed by atoms with Crippen molar-refractivity contribution in [1.29, 1.82) is 0 Å². The third kappa shape index (κ3) is 2.64. The average molecular weight is 244 g/mol. The Morgan fingerprint density at radius 2 is 2.06 bits per heavy atom. The highest BCUT2D eigenvalue weighted by Crippen LogP contribution is 2.22. The van der Waals surface area contributed by atoms with Gasteiger partial charge in [0.2, 0.25) is 10.0 Å². The summed E-state index contributed by atoms with van der Waals surface area (Å²) in [6.45, 7) is 4.89. The van der Waals surface area contributed by atoms with Gasteiger partial charge in [0.15, 0.2) is 0 Å². The van der Waals surface area contributed by atoms with E-state index in [1.165, 1.54) is 6.42 Å². The van der Waals surface area contributed by atoms with Crippen LogP contribution in [0.25, 0.3) is 0 Å². The van der Waals surface area contributed by atoms with Crippen molar-refractivity contribution in [2.75, 3.05) is 18.8 Å². The summed E-state index contributed by atoms with van der Waals surface area (Å²) in [5.41, 5.74) is 0. The Morgan fingerprint density at radius 3 is 2.81 bits per heavy atom. The van der Waals surface area contributed by atoms with Crippen LogP contribution in [0, 0.1) is 0 Å². The van der Waals surface area contributed by atoms with Gasteiger partial charge in [-0.1, -0.05) is 6.08 Å². The molecule has 2 atom stereocenters.